The van der Waals surface area contributed by atoms with Gasteiger partial charge in [0.15, 0.2) is 5.82 Å². The minimum absolute atomic E-state index is 0.696. The number of halogens is 1. The van der Waals surface area contributed by atoms with Gasteiger partial charge >= 0.3 is 0 Å². The molecule has 2 aromatic rings. The van der Waals surface area contributed by atoms with E-state index in [1.807, 2.05) is 14.0 Å². The average molecular weight is 382 g/mol. The summed E-state index contributed by atoms with van der Waals surface area (Å²) in [5.41, 5.74) is 0. The van der Waals surface area contributed by atoms with Crippen LogP contribution in [-0.2, 0) is 13.0 Å². The summed E-state index contributed by atoms with van der Waals surface area (Å²) in [6.45, 7) is 6.33. The normalized spacial score (nSPS) is 15.9. The van der Waals surface area contributed by atoms with Crippen molar-refractivity contribution in [2.24, 2.45) is 0 Å². The lowest BCUT2D eigenvalue weighted by Gasteiger charge is -2.34. The summed E-state index contributed by atoms with van der Waals surface area (Å²) in [6, 6.07) is 0. The lowest BCUT2D eigenvalue weighted by Crippen LogP contribution is -2.46. The Hall–Kier alpha value is -1.74. The topological polar surface area (TPSA) is 83.2 Å². The zero-order chi connectivity index (χ0) is 16.2. The van der Waals surface area contributed by atoms with Crippen LogP contribution in [0, 0.1) is 0 Å². The summed E-state index contributed by atoms with van der Waals surface area (Å²) in [7, 11) is 1.85. The Labute approximate surface area is 143 Å². The summed E-state index contributed by atoms with van der Waals surface area (Å²) in [6.07, 6.45) is 2.56. The molecule has 1 fully saturated rings. The Morgan fingerprint density at radius 3 is 2.70 bits per heavy atom. The number of nitrogens with zero attached hydrogens (tertiary/aromatic N) is 6. The predicted octanol–water partition coefficient (Wildman–Crippen LogP) is 1.55. The third kappa shape index (κ3) is 3.78. The third-order valence-electron chi connectivity index (χ3n) is 3.80. The van der Waals surface area contributed by atoms with Crippen LogP contribution in [0.25, 0.3) is 0 Å². The van der Waals surface area contributed by atoms with Crippen molar-refractivity contribution in [3.63, 3.8) is 0 Å². The second kappa shape index (κ2) is 7.22. The first-order valence-corrected chi connectivity index (χ1v) is 8.48. The lowest BCUT2D eigenvalue weighted by atomic mass is 10.3. The van der Waals surface area contributed by atoms with Gasteiger partial charge < -0.3 is 14.7 Å². The van der Waals surface area contributed by atoms with E-state index in [-0.39, 0.29) is 0 Å². The minimum Gasteiger partial charge on any atom is -0.372 e. The molecule has 1 aliphatic rings. The molecule has 0 aromatic carbocycles. The van der Waals surface area contributed by atoms with Crippen molar-refractivity contribution in [1.82, 2.24) is 25.0 Å². The lowest BCUT2D eigenvalue weighted by molar-refractivity contribution is 0.239. The second-order valence-electron chi connectivity index (χ2n) is 5.34. The van der Waals surface area contributed by atoms with E-state index in [1.54, 1.807) is 6.20 Å². The number of anilines is 2. The van der Waals surface area contributed by atoms with Crippen LogP contribution in [0.1, 0.15) is 18.6 Å². The molecule has 8 nitrogen and oxygen atoms in total. The van der Waals surface area contributed by atoms with Gasteiger partial charge in [0.2, 0.25) is 11.8 Å². The van der Waals surface area contributed by atoms with Gasteiger partial charge in [0, 0.05) is 45.8 Å². The fourth-order valence-electron chi connectivity index (χ4n) is 2.49. The van der Waals surface area contributed by atoms with Crippen molar-refractivity contribution < 1.29 is 4.52 Å². The van der Waals surface area contributed by atoms with Gasteiger partial charge in [-0.1, -0.05) is 12.1 Å². The van der Waals surface area contributed by atoms with Crippen molar-refractivity contribution in [3.8, 4) is 0 Å². The van der Waals surface area contributed by atoms with Gasteiger partial charge in [-0.15, -0.1) is 0 Å². The van der Waals surface area contributed by atoms with E-state index in [1.165, 1.54) is 0 Å². The highest BCUT2D eigenvalue weighted by molar-refractivity contribution is 9.10. The highest BCUT2D eigenvalue weighted by atomic mass is 79.9. The van der Waals surface area contributed by atoms with E-state index in [2.05, 4.69) is 51.2 Å². The van der Waals surface area contributed by atoms with Crippen LogP contribution in [0.3, 0.4) is 0 Å². The summed E-state index contributed by atoms with van der Waals surface area (Å²) in [4.78, 5) is 17.8. The maximum absolute atomic E-state index is 5.15. The standard InChI is InChI=1S/C14H20BrN7O/c1-3-12-18-11(20-23-12)9-21-4-6-22(7-5-21)14-17-8-10(15)13(16-2)19-14/h8H,3-7,9H2,1-2H3,(H,16,17,19). The molecule has 2 aromatic heterocycles. The number of hydrogen-bond acceptors (Lipinski definition) is 8. The first-order chi connectivity index (χ1) is 11.2. The molecule has 3 rings (SSSR count). The number of piperazine rings is 1. The third-order valence-corrected chi connectivity index (χ3v) is 4.38. The monoisotopic (exact) mass is 381 g/mol. The fraction of sp³-hybridized carbons (Fsp3) is 0.571. The van der Waals surface area contributed by atoms with Crippen molar-refractivity contribution >= 4 is 27.7 Å². The van der Waals surface area contributed by atoms with Crippen LogP contribution in [0.5, 0.6) is 0 Å². The average Bonchev–Trinajstić information content (AvgIpc) is 3.04. The molecule has 0 radical (unpaired) electrons. The van der Waals surface area contributed by atoms with Crippen LogP contribution in [0.15, 0.2) is 15.2 Å². The Morgan fingerprint density at radius 2 is 2.04 bits per heavy atom. The van der Waals surface area contributed by atoms with E-state index >= 15 is 0 Å². The van der Waals surface area contributed by atoms with E-state index in [0.29, 0.717) is 5.89 Å². The number of aromatic nitrogens is 4. The van der Waals surface area contributed by atoms with Crippen molar-refractivity contribution in [1.29, 1.82) is 0 Å². The molecule has 1 aliphatic heterocycles. The summed E-state index contributed by atoms with van der Waals surface area (Å²) < 4.78 is 6.02. The molecule has 9 heteroatoms. The molecule has 3 heterocycles. The van der Waals surface area contributed by atoms with Crippen LogP contribution >= 0.6 is 15.9 Å². The molecule has 0 saturated carbocycles. The second-order valence-corrected chi connectivity index (χ2v) is 6.19. The number of hydrogen-bond donors (Lipinski definition) is 1. The number of aryl methyl sites for hydroxylation is 1. The first kappa shape index (κ1) is 16.1. The van der Waals surface area contributed by atoms with Gasteiger partial charge in [0.25, 0.3) is 0 Å². The minimum atomic E-state index is 0.696. The molecular weight excluding hydrogens is 362 g/mol. The van der Waals surface area contributed by atoms with Gasteiger partial charge in [0.1, 0.15) is 5.82 Å². The molecular formula is C14H20BrN7O. The SMILES string of the molecule is CCc1nc(CN2CCN(c3ncc(Br)c(NC)n3)CC2)no1. The Morgan fingerprint density at radius 1 is 1.26 bits per heavy atom. The molecule has 0 spiro atoms. The Balaban J connectivity index is 1.57. The van der Waals surface area contributed by atoms with Crippen LogP contribution in [0.4, 0.5) is 11.8 Å². The maximum atomic E-state index is 5.15. The Bertz CT molecular complexity index is 654. The summed E-state index contributed by atoms with van der Waals surface area (Å²) >= 11 is 3.43. The zero-order valence-electron chi connectivity index (χ0n) is 13.3. The van der Waals surface area contributed by atoms with Gasteiger partial charge in [0.05, 0.1) is 11.0 Å². The smallest absolute Gasteiger partial charge is 0.227 e. The largest absolute Gasteiger partial charge is 0.372 e. The summed E-state index contributed by atoms with van der Waals surface area (Å²) in [5.74, 6) is 3.01. The van der Waals surface area contributed by atoms with Crippen molar-refractivity contribution in [2.75, 3.05) is 43.4 Å². The summed E-state index contributed by atoms with van der Waals surface area (Å²) in [5, 5.41) is 7.07. The van der Waals surface area contributed by atoms with E-state index in [4.69, 9.17) is 4.52 Å². The van der Waals surface area contributed by atoms with Gasteiger partial charge in [-0.2, -0.15) is 9.97 Å². The van der Waals surface area contributed by atoms with Gasteiger partial charge in [-0.05, 0) is 15.9 Å². The molecule has 0 bridgehead atoms. The maximum Gasteiger partial charge on any atom is 0.227 e. The molecule has 23 heavy (non-hydrogen) atoms. The molecule has 0 amide bonds. The highest BCUT2D eigenvalue weighted by Gasteiger charge is 2.21. The first-order valence-electron chi connectivity index (χ1n) is 7.68. The van der Waals surface area contributed by atoms with Crippen molar-refractivity contribution in [3.05, 3.63) is 22.4 Å². The zero-order valence-corrected chi connectivity index (χ0v) is 14.9. The van der Waals surface area contributed by atoms with E-state index in [9.17, 15) is 0 Å². The highest BCUT2D eigenvalue weighted by Crippen LogP contribution is 2.21. The number of rotatable bonds is 5. The van der Waals surface area contributed by atoms with Crippen molar-refractivity contribution in [2.45, 2.75) is 19.9 Å². The molecule has 1 saturated heterocycles. The predicted molar refractivity (Wildman–Crippen MR) is 90.4 cm³/mol. The van der Waals surface area contributed by atoms with Gasteiger partial charge in [-0.25, -0.2) is 4.98 Å². The Kier molecular flexibility index (Phi) is 5.06. The quantitative estimate of drug-likeness (QED) is 0.834. The van der Waals surface area contributed by atoms with E-state index < -0.39 is 0 Å². The molecule has 124 valence electrons. The van der Waals surface area contributed by atoms with E-state index in [0.717, 1.165) is 61.2 Å². The molecule has 0 unspecified atom stereocenters. The van der Waals surface area contributed by atoms with Crippen LogP contribution in [0.2, 0.25) is 0 Å². The molecule has 0 aliphatic carbocycles. The molecule has 1 N–H and O–H groups in total. The van der Waals surface area contributed by atoms with Gasteiger partial charge in [-0.3, -0.25) is 4.90 Å². The number of nitrogens with one attached hydrogen (secondary N) is 1. The fourth-order valence-corrected chi connectivity index (χ4v) is 2.88. The van der Waals surface area contributed by atoms with Crippen LogP contribution < -0.4 is 10.2 Å². The molecule has 0 atom stereocenters. The van der Waals surface area contributed by atoms with Crippen LogP contribution in [-0.4, -0.2) is 58.2 Å².